The van der Waals surface area contributed by atoms with E-state index >= 15 is 0 Å². The number of rotatable bonds is 7. The molecule has 4 rings (SSSR count). The van der Waals surface area contributed by atoms with Crippen molar-refractivity contribution < 1.29 is 9.53 Å². The van der Waals surface area contributed by atoms with Crippen molar-refractivity contribution in [3.8, 4) is 5.75 Å². The number of nitrogens with zero attached hydrogens (tertiary/aromatic N) is 2. The molecule has 1 atom stereocenters. The van der Waals surface area contributed by atoms with Crippen molar-refractivity contribution in [2.24, 2.45) is 5.92 Å². The third-order valence-electron chi connectivity index (χ3n) is 5.61. The molecule has 0 spiro atoms. The van der Waals surface area contributed by atoms with Crippen molar-refractivity contribution in [2.75, 3.05) is 5.75 Å². The highest BCUT2D eigenvalue weighted by Gasteiger charge is 2.27. The highest BCUT2D eigenvalue weighted by atomic mass is 32.2. The molecule has 0 unspecified atom stereocenters. The Morgan fingerprint density at radius 3 is 2.62 bits per heavy atom. The van der Waals surface area contributed by atoms with Gasteiger partial charge in [-0.25, -0.2) is 4.98 Å². The van der Waals surface area contributed by atoms with Crippen molar-refractivity contribution in [1.29, 1.82) is 0 Å². The van der Waals surface area contributed by atoms with Crippen LogP contribution in [0.3, 0.4) is 0 Å². The lowest BCUT2D eigenvalue weighted by molar-refractivity contribution is -0.125. The largest absolute Gasteiger partial charge is 0.489 e. The van der Waals surface area contributed by atoms with Gasteiger partial charge < -0.3 is 10.1 Å². The molecule has 1 N–H and O–H groups in total. The lowest BCUT2D eigenvalue weighted by Crippen LogP contribution is -2.40. The van der Waals surface area contributed by atoms with E-state index in [4.69, 9.17) is 4.74 Å². The normalized spacial score (nSPS) is 15.1. The molecule has 0 fully saturated rings. The minimum absolute atomic E-state index is 0.0221. The van der Waals surface area contributed by atoms with E-state index in [-0.39, 0.29) is 17.4 Å². The Morgan fingerprint density at radius 1 is 1.16 bits per heavy atom. The molecule has 0 radical (unpaired) electrons. The van der Waals surface area contributed by atoms with Crippen LogP contribution in [0.15, 0.2) is 64.5 Å². The van der Waals surface area contributed by atoms with Crippen LogP contribution in [0.25, 0.3) is 0 Å². The van der Waals surface area contributed by atoms with Crippen LogP contribution in [0.4, 0.5) is 0 Å². The van der Waals surface area contributed by atoms with Crippen LogP contribution < -0.4 is 15.6 Å². The topological polar surface area (TPSA) is 73.2 Å². The van der Waals surface area contributed by atoms with E-state index in [0.717, 1.165) is 28.1 Å². The average Bonchev–Trinajstić information content (AvgIpc) is 2.82. The maximum absolute atomic E-state index is 12.8. The van der Waals surface area contributed by atoms with Crippen LogP contribution in [0.2, 0.25) is 0 Å². The highest BCUT2D eigenvalue weighted by molar-refractivity contribution is 7.99. The van der Waals surface area contributed by atoms with E-state index in [2.05, 4.69) is 10.3 Å². The summed E-state index contributed by atoms with van der Waals surface area (Å²) in [6.45, 7) is 5.16. The summed E-state index contributed by atoms with van der Waals surface area (Å²) in [4.78, 5) is 30.1. The number of ether oxygens (including phenoxy) is 1. The van der Waals surface area contributed by atoms with Crippen LogP contribution in [0, 0.1) is 12.8 Å². The number of carbonyl (C=O) groups excluding carboxylic acids is 1. The van der Waals surface area contributed by atoms with Crippen LogP contribution in [0.1, 0.15) is 29.3 Å². The predicted octanol–water partition coefficient (Wildman–Crippen LogP) is 3.73. The van der Waals surface area contributed by atoms with Gasteiger partial charge in [-0.3, -0.25) is 14.2 Å². The number of hydrogen-bond donors (Lipinski definition) is 1. The first-order valence-corrected chi connectivity index (χ1v) is 11.8. The number of carbonyl (C=O) groups is 1. The van der Waals surface area contributed by atoms with Gasteiger partial charge >= 0.3 is 0 Å². The summed E-state index contributed by atoms with van der Waals surface area (Å²) >= 11 is 1.47. The standard InChI is InChI=1S/C25H27N3O3S/c1-3-22-17(2)27-25-28(24(22)30)14-20(16-32-25)23(29)26-13-18-9-11-21(12-10-18)31-15-19-7-5-4-6-8-19/h4-12,20H,3,13-16H2,1-2H3,(H,26,29)/t20-/m1/s1. The molecule has 0 saturated carbocycles. The number of fused-ring (bicyclic) bond motifs is 1. The van der Waals surface area contributed by atoms with Crippen molar-refractivity contribution in [1.82, 2.24) is 14.9 Å². The smallest absolute Gasteiger partial charge is 0.257 e. The molecular weight excluding hydrogens is 422 g/mol. The lowest BCUT2D eigenvalue weighted by Gasteiger charge is -2.25. The van der Waals surface area contributed by atoms with Gasteiger partial charge in [-0.1, -0.05) is 61.2 Å². The fourth-order valence-electron chi connectivity index (χ4n) is 3.74. The second-order valence-corrected chi connectivity index (χ2v) is 8.86. The summed E-state index contributed by atoms with van der Waals surface area (Å²) in [6.07, 6.45) is 0.643. The average molecular weight is 450 g/mol. The van der Waals surface area contributed by atoms with Gasteiger partial charge in [0.15, 0.2) is 5.16 Å². The second kappa shape index (κ2) is 10.0. The van der Waals surface area contributed by atoms with E-state index in [1.54, 1.807) is 4.57 Å². The molecule has 166 valence electrons. The molecule has 3 aromatic rings. The van der Waals surface area contributed by atoms with E-state index in [9.17, 15) is 9.59 Å². The Balaban J connectivity index is 1.32. The van der Waals surface area contributed by atoms with Gasteiger partial charge in [0.05, 0.1) is 5.92 Å². The van der Waals surface area contributed by atoms with Crippen LogP contribution in [-0.2, 0) is 30.9 Å². The number of nitrogens with one attached hydrogen (secondary N) is 1. The zero-order valence-corrected chi connectivity index (χ0v) is 19.2. The number of aryl methyl sites for hydroxylation is 1. The zero-order chi connectivity index (χ0) is 22.5. The van der Waals surface area contributed by atoms with Gasteiger partial charge in [-0.15, -0.1) is 0 Å². The minimum atomic E-state index is -0.257. The van der Waals surface area contributed by atoms with Crippen molar-refractivity contribution in [3.63, 3.8) is 0 Å². The third-order valence-corrected chi connectivity index (χ3v) is 6.75. The number of aromatic nitrogens is 2. The molecule has 0 saturated heterocycles. The number of benzene rings is 2. The van der Waals surface area contributed by atoms with Crippen LogP contribution in [-0.4, -0.2) is 21.2 Å². The Hall–Kier alpha value is -3.06. The number of hydrogen-bond acceptors (Lipinski definition) is 5. The van der Waals surface area contributed by atoms with E-state index < -0.39 is 0 Å². The lowest BCUT2D eigenvalue weighted by atomic mass is 10.1. The molecule has 2 aromatic carbocycles. The van der Waals surface area contributed by atoms with Gasteiger partial charge in [0, 0.05) is 30.1 Å². The number of thioether (sulfide) groups is 1. The summed E-state index contributed by atoms with van der Waals surface area (Å²) in [5, 5.41) is 3.72. The zero-order valence-electron chi connectivity index (χ0n) is 18.3. The summed E-state index contributed by atoms with van der Waals surface area (Å²) in [5.74, 6) is 1.11. The van der Waals surface area contributed by atoms with Gasteiger partial charge in [0.2, 0.25) is 5.91 Å². The fraction of sp³-hybridized carbons (Fsp3) is 0.320. The first-order chi connectivity index (χ1) is 15.5. The molecule has 1 amide bonds. The Morgan fingerprint density at radius 2 is 1.91 bits per heavy atom. The van der Waals surface area contributed by atoms with Crippen LogP contribution >= 0.6 is 11.8 Å². The van der Waals surface area contributed by atoms with E-state index in [1.165, 1.54) is 11.8 Å². The molecule has 0 bridgehead atoms. The molecule has 1 aliphatic rings. The van der Waals surface area contributed by atoms with Crippen LogP contribution in [0.5, 0.6) is 5.75 Å². The molecular formula is C25H27N3O3S. The van der Waals surface area contributed by atoms with E-state index in [1.807, 2.05) is 68.4 Å². The highest BCUT2D eigenvalue weighted by Crippen LogP contribution is 2.26. The maximum Gasteiger partial charge on any atom is 0.257 e. The summed E-state index contributed by atoms with van der Waals surface area (Å²) < 4.78 is 7.47. The van der Waals surface area contributed by atoms with Crippen molar-refractivity contribution in [2.45, 2.75) is 45.1 Å². The molecule has 1 aliphatic heterocycles. The molecule has 6 nitrogen and oxygen atoms in total. The molecule has 0 aliphatic carbocycles. The molecule has 32 heavy (non-hydrogen) atoms. The Kier molecular flexibility index (Phi) is 6.95. The van der Waals surface area contributed by atoms with Gasteiger partial charge in [-0.2, -0.15) is 0 Å². The third kappa shape index (κ3) is 5.05. The SMILES string of the molecule is CCc1c(C)nc2n(c1=O)C[C@@H](C(=O)NCc1ccc(OCc3ccccc3)cc1)CS2. The van der Waals surface area contributed by atoms with E-state index in [0.29, 0.717) is 37.0 Å². The number of amides is 1. The predicted molar refractivity (Wildman–Crippen MR) is 126 cm³/mol. The minimum Gasteiger partial charge on any atom is -0.489 e. The second-order valence-electron chi connectivity index (χ2n) is 7.87. The van der Waals surface area contributed by atoms with Gasteiger partial charge in [-0.05, 0) is 36.6 Å². The summed E-state index contributed by atoms with van der Waals surface area (Å²) in [6, 6.07) is 17.8. The molecule has 2 heterocycles. The van der Waals surface area contributed by atoms with Crippen molar-refractivity contribution >= 4 is 17.7 Å². The Labute approximate surface area is 192 Å². The quantitative estimate of drug-likeness (QED) is 0.557. The Bertz CT molecular complexity index is 1140. The fourth-order valence-corrected chi connectivity index (χ4v) is 4.86. The molecule has 1 aromatic heterocycles. The first-order valence-electron chi connectivity index (χ1n) is 10.8. The first kappa shape index (κ1) is 22.1. The summed E-state index contributed by atoms with van der Waals surface area (Å²) in [5.41, 5.74) is 3.61. The van der Waals surface area contributed by atoms with Gasteiger partial charge in [0.1, 0.15) is 12.4 Å². The van der Waals surface area contributed by atoms with Crippen molar-refractivity contribution in [3.05, 3.63) is 87.3 Å². The van der Waals surface area contributed by atoms with Gasteiger partial charge in [0.25, 0.3) is 5.56 Å². The monoisotopic (exact) mass is 449 g/mol. The maximum atomic E-state index is 12.8. The molecule has 7 heteroatoms. The summed E-state index contributed by atoms with van der Waals surface area (Å²) in [7, 11) is 0.